The summed E-state index contributed by atoms with van der Waals surface area (Å²) >= 11 is 0. The summed E-state index contributed by atoms with van der Waals surface area (Å²) in [5.41, 5.74) is 1.41. The van der Waals surface area contributed by atoms with E-state index in [1.165, 1.54) is 18.5 Å². The second-order valence-electron chi connectivity index (χ2n) is 4.98. The molecule has 0 saturated carbocycles. The molecule has 2 nitrogen and oxygen atoms in total. The van der Waals surface area contributed by atoms with Gasteiger partial charge in [0.15, 0.2) is 0 Å². The molecule has 1 atom stereocenters. The van der Waals surface area contributed by atoms with Gasteiger partial charge in [-0.3, -0.25) is 0 Å². The molecule has 0 aliphatic heterocycles. The van der Waals surface area contributed by atoms with Crippen LogP contribution >= 0.6 is 0 Å². The number of aromatic nitrogens is 1. The maximum atomic E-state index is 3.54. The minimum Gasteiger partial charge on any atom is -0.350 e. The lowest BCUT2D eigenvalue weighted by atomic mass is 10.1. The smallest absolute Gasteiger partial charge is 0.0446 e. The van der Waals surface area contributed by atoms with E-state index in [0.717, 1.165) is 19.0 Å². The second kappa shape index (κ2) is 6.74. The van der Waals surface area contributed by atoms with Crippen molar-refractivity contribution in [2.24, 2.45) is 5.92 Å². The summed E-state index contributed by atoms with van der Waals surface area (Å²) in [6, 6.07) is 4.84. The van der Waals surface area contributed by atoms with Crippen LogP contribution in [0.25, 0.3) is 0 Å². The standard InChI is InChI=1S/C14H26N2/c1-5-9-15-13(4)14-7-6-10-16(14)11-8-12(2)3/h6-7,10,12-13,15H,5,8-9,11H2,1-4H3. The summed E-state index contributed by atoms with van der Waals surface area (Å²) in [7, 11) is 0. The fourth-order valence-corrected chi connectivity index (χ4v) is 1.89. The first-order valence-corrected chi connectivity index (χ1v) is 6.53. The van der Waals surface area contributed by atoms with E-state index in [4.69, 9.17) is 0 Å². The van der Waals surface area contributed by atoms with E-state index < -0.39 is 0 Å². The van der Waals surface area contributed by atoms with E-state index in [9.17, 15) is 0 Å². The third-order valence-electron chi connectivity index (χ3n) is 2.96. The minimum atomic E-state index is 0.460. The second-order valence-corrected chi connectivity index (χ2v) is 4.98. The first kappa shape index (κ1) is 13.3. The van der Waals surface area contributed by atoms with Gasteiger partial charge in [-0.15, -0.1) is 0 Å². The van der Waals surface area contributed by atoms with E-state index in [-0.39, 0.29) is 0 Å². The lowest BCUT2D eigenvalue weighted by molar-refractivity contribution is 0.478. The molecule has 0 spiro atoms. The number of nitrogens with zero attached hydrogens (tertiary/aromatic N) is 1. The van der Waals surface area contributed by atoms with E-state index >= 15 is 0 Å². The molecule has 92 valence electrons. The molecule has 0 aromatic carbocycles. The molecule has 16 heavy (non-hydrogen) atoms. The predicted octanol–water partition coefficient (Wildman–Crippen LogP) is 3.59. The van der Waals surface area contributed by atoms with Gasteiger partial charge >= 0.3 is 0 Å². The van der Waals surface area contributed by atoms with Gasteiger partial charge in [0, 0.05) is 24.5 Å². The van der Waals surface area contributed by atoms with Gasteiger partial charge in [-0.05, 0) is 44.4 Å². The molecule has 0 amide bonds. The van der Waals surface area contributed by atoms with Gasteiger partial charge in [0.2, 0.25) is 0 Å². The van der Waals surface area contributed by atoms with Crippen LogP contribution in [-0.2, 0) is 6.54 Å². The SMILES string of the molecule is CCCNC(C)c1cccn1CCC(C)C. The van der Waals surface area contributed by atoms with Crippen LogP contribution in [0.15, 0.2) is 18.3 Å². The number of aryl methyl sites for hydroxylation is 1. The van der Waals surface area contributed by atoms with Crippen molar-refractivity contribution in [1.82, 2.24) is 9.88 Å². The lowest BCUT2D eigenvalue weighted by Gasteiger charge is -2.17. The van der Waals surface area contributed by atoms with Crippen molar-refractivity contribution in [3.63, 3.8) is 0 Å². The monoisotopic (exact) mass is 222 g/mol. The topological polar surface area (TPSA) is 17.0 Å². The van der Waals surface area contributed by atoms with Crippen LogP contribution in [0.4, 0.5) is 0 Å². The van der Waals surface area contributed by atoms with Crippen LogP contribution in [-0.4, -0.2) is 11.1 Å². The zero-order chi connectivity index (χ0) is 12.0. The Labute approximate surface area is 100 Å². The molecule has 2 heteroatoms. The van der Waals surface area contributed by atoms with Crippen molar-refractivity contribution in [1.29, 1.82) is 0 Å². The van der Waals surface area contributed by atoms with Gasteiger partial charge in [0.05, 0.1) is 0 Å². The van der Waals surface area contributed by atoms with Crippen LogP contribution in [0.2, 0.25) is 0 Å². The molecule has 1 aromatic heterocycles. The first-order chi connectivity index (χ1) is 7.65. The quantitative estimate of drug-likeness (QED) is 0.746. The maximum absolute atomic E-state index is 3.54. The summed E-state index contributed by atoms with van der Waals surface area (Å²) in [6.45, 7) is 11.2. The summed E-state index contributed by atoms with van der Waals surface area (Å²) in [5, 5.41) is 3.54. The highest BCUT2D eigenvalue weighted by Crippen LogP contribution is 2.15. The van der Waals surface area contributed by atoms with Crippen LogP contribution in [0.3, 0.4) is 0 Å². The molecule has 0 aliphatic carbocycles. The van der Waals surface area contributed by atoms with E-state index in [0.29, 0.717) is 6.04 Å². The number of hydrogen-bond donors (Lipinski definition) is 1. The highest BCUT2D eigenvalue weighted by molar-refractivity contribution is 5.11. The molecule has 1 N–H and O–H groups in total. The van der Waals surface area contributed by atoms with Gasteiger partial charge in [-0.2, -0.15) is 0 Å². The minimum absolute atomic E-state index is 0.460. The fourth-order valence-electron chi connectivity index (χ4n) is 1.89. The Hall–Kier alpha value is -0.760. The van der Waals surface area contributed by atoms with Crippen LogP contribution in [0.1, 0.15) is 52.3 Å². The van der Waals surface area contributed by atoms with Crippen molar-refractivity contribution in [3.05, 3.63) is 24.0 Å². The highest BCUT2D eigenvalue weighted by atomic mass is 15.0. The Bertz CT molecular complexity index is 289. The third-order valence-corrected chi connectivity index (χ3v) is 2.96. The largest absolute Gasteiger partial charge is 0.350 e. The average Bonchev–Trinajstić information content (AvgIpc) is 2.71. The highest BCUT2D eigenvalue weighted by Gasteiger charge is 2.08. The van der Waals surface area contributed by atoms with Crippen molar-refractivity contribution in [2.75, 3.05) is 6.54 Å². The Morgan fingerprint density at radius 3 is 2.69 bits per heavy atom. The zero-order valence-electron chi connectivity index (χ0n) is 11.2. The van der Waals surface area contributed by atoms with Crippen molar-refractivity contribution in [3.8, 4) is 0 Å². The van der Waals surface area contributed by atoms with Gasteiger partial charge in [-0.1, -0.05) is 20.8 Å². The number of rotatable bonds is 7. The van der Waals surface area contributed by atoms with Gasteiger partial charge in [0.1, 0.15) is 0 Å². The molecule has 1 unspecified atom stereocenters. The Kier molecular flexibility index (Phi) is 5.61. The molecule has 1 aromatic rings. The van der Waals surface area contributed by atoms with E-state index in [2.05, 4.69) is 55.9 Å². The summed E-state index contributed by atoms with van der Waals surface area (Å²) in [6.07, 6.45) is 4.64. The molecular formula is C14H26N2. The van der Waals surface area contributed by atoms with Gasteiger partial charge in [-0.25, -0.2) is 0 Å². The molecular weight excluding hydrogens is 196 g/mol. The van der Waals surface area contributed by atoms with Crippen LogP contribution in [0.5, 0.6) is 0 Å². The van der Waals surface area contributed by atoms with Gasteiger partial charge in [0.25, 0.3) is 0 Å². The molecule has 0 radical (unpaired) electrons. The summed E-state index contributed by atoms with van der Waals surface area (Å²) < 4.78 is 2.38. The Balaban J connectivity index is 2.55. The number of hydrogen-bond acceptors (Lipinski definition) is 1. The molecule has 0 saturated heterocycles. The van der Waals surface area contributed by atoms with Crippen LogP contribution in [0, 0.1) is 5.92 Å². The first-order valence-electron chi connectivity index (χ1n) is 6.53. The Morgan fingerprint density at radius 1 is 1.31 bits per heavy atom. The Morgan fingerprint density at radius 2 is 2.06 bits per heavy atom. The van der Waals surface area contributed by atoms with E-state index in [1.807, 2.05) is 0 Å². The van der Waals surface area contributed by atoms with Crippen molar-refractivity contribution < 1.29 is 0 Å². The fraction of sp³-hybridized carbons (Fsp3) is 0.714. The molecule has 0 bridgehead atoms. The number of nitrogens with one attached hydrogen (secondary N) is 1. The third kappa shape index (κ3) is 4.01. The predicted molar refractivity (Wildman–Crippen MR) is 70.6 cm³/mol. The average molecular weight is 222 g/mol. The zero-order valence-corrected chi connectivity index (χ0v) is 11.2. The van der Waals surface area contributed by atoms with Gasteiger partial charge < -0.3 is 9.88 Å². The molecule has 0 aliphatic rings. The van der Waals surface area contributed by atoms with E-state index in [1.54, 1.807) is 0 Å². The molecule has 1 heterocycles. The summed E-state index contributed by atoms with van der Waals surface area (Å²) in [5.74, 6) is 0.772. The molecule has 0 fully saturated rings. The lowest BCUT2D eigenvalue weighted by Crippen LogP contribution is -2.22. The van der Waals surface area contributed by atoms with Crippen molar-refractivity contribution in [2.45, 2.75) is 53.1 Å². The summed E-state index contributed by atoms with van der Waals surface area (Å²) in [4.78, 5) is 0. The molecule has 1 rings (SSSR count). The van der Waals surface area contributed by atoms with Crippen LogP contribution < -0.4 is 5.32 Å². The maximum Gasteiger partial charge on any atom is 0.0446 e. The normalized spacial score (nSPS) is 13.3. The van der Waals surface area contributed by atoms with Crippen molar-refractivity contribution >= 4 is 0 Å².